The number of nitrogens with zero attached hydrogens (tertiary/aromatic N) is 5. The van der Waals surface area contributed by atoms with E-state index in [0.29, 0.717) is 28.7 Å². The Balaban J connectivity index is 1.58. The number of nitrogens with one attached hydrogen (secondary N) is 3. The number of amides is 1. The zero-order valence-corrected chi connectivity index (χ0v) is 13.0. The van der Waals surface area contributed by atoms with E-state index in [9.17, 15) is 4.79 Å². The highest BCUT2D eigenvalue weighted by Gasteiger charge is 2.10. The Kier molecular flexibility index (Phi) is 4.11. The number of H-pyrrole nitrogens is 1. The monoisotopic (exact) mass is 338 g/mol. The Labute approximate surface area is 133 Å². The Bertz CT molecular complexity index is 815. The molecule has 9 nitrogen and oxygen atoms in total. The molecule has 0 atom stereocenters. The van der Waals surface area contributed by atoms with Crippen LogP contribution < -0.4 is 10.6 Å². The standard InChI is InChI=1S/C11H11ClN8OS/c1-5-19-20-11(22-5)16-6(21)2-3-13-8-7-9(15-4-14-7)18-10(12)17-8/h4H,2-3H2,1H3,(H,16,20,21)(H2,13,14,15,17,18). The van der Waals surface area contributed by atoms with Crippen molar-refractivity contribution in [1.82, 2.24) is 30.1 Å². The number of halogens is 1. The fraction of sp³-hybridized carbons (Fsp3) is 0.273. The maximum absolute atomic E-state index is 11.8. The molecule has 3 aromatic heterocycles. The van der Waals surface area contributed by atoms with Gasteiger partial charge in [0.05, 0.1) is 6.33 Å². The van der Waals surface area contributed by atoms with Gasteiger partial charge in [-0.1, -0.05) is 11.3 Å². The van der Waals surface area contributed by atoms with Crippen LogP contribution in [0.5, 0.6) is 0 Å². The van der Waals surface area contributed by atoms with Gasteiger partial charge < -0.3 is 15.6 Å². The molecule has 0 aliphatic carbocycles. The Morgan fingerprint density at radius 2 is 2.27 bits per heavy atom. The average molecular weight is 339 g/mol. The summed E-state index contributed by atoms with van der Waals surface area (Å²) >= 11 is 7.15. The zero-order chi connectivity index (χ0) is 15.5. The normalized spacial score (nSPS) is 10.8. The molecule has 0 spiro atoms. The summed E-state index contributed by atoms with van der Waals surface area (Å²) in [5.41, 5.74) is 1.11. The van der Waals surface area contributed by atoms with Crippen molar-refractivity contribution in [2.45, 2.75) is 13.3 Å². The summed E-state index contributed by atoms with van der Waals surface area (Å²) in [7, 11) is 0. The van der Waals surface area contributed by atoms with Crippen molar-refractivity contribution in [1.29, 1.82) is 0 Å². The molecule has 0 bridgehead atoms. The van der Waals surface area contributed by atoms with Crippen LogP contribution in [0.25, 0.3) is 11.2 Å². The van der Waals surface area contributed by atoms with Crippen LogP contribution in [-0.4, -0.2) is 42.6 Å². The third kappa shape index (κ3) is 3.28. The van der Waals surface area contributed by atoms with E-state index in [1.807, 2.05) is 6.92 Å². The topological polar surface area (TPSA) is 121 Å². The molecule has 3 aromatic rings. The van der Waals surface area contributed by atoms with Crippen molar-refractivity contribution < 1.29 is 4.79 Å². The first-order chi connectivity index (χ1) is 10.6. The van der Waals surface area contributed by atoms with E-state index in [1.165, 1.54) is 17.7 Å². The molecule has 3 rings (SSSR count). The smallest absolute Gasteiger partial charge is 0.227 e. The van der Waals surface area contributed by atoms with Crippen LogP contribution in [0.2, 0.25) is 5.28 Å². The molecular weight excluding hydrogens is 328 g/mol. The maximum atomic E-state index is 11.8. The first kappa shape index (κ1) is 14.6. The van der Waals surface area contributed by atoms with Crippen molar-refractivity contribution in [2.24, 2.45) is 0 Å². The van der Waals surface area contributed by atoms with E-state index in [2.05, 4.69) is 40.8 Å². The molecule has 0 aromatic carbocycles. The van der Waals surface area contributed by atoms with Gasteiger partial charge in [-0.25, -0.2) is 4.98 Å². The van der Waals surface area contributed by atoms with E-state index in [0.717, 1.165) is 5.01 Å². The minimum Gasteiger partial charge on any atom is -0.368 e. The van der Waals surface area contributed by atoms with Gasteiger partial charge >= 0.3 is 0 Å². The molecular formula is C11H11ClN8OS. The summed E-state index contributed by atoms with van der Waals surface area (Å²) in [5.74, 6) is 0.344. The summed E-state index contributed by atoms with van der Waals surface area (Å²) in [4.78, 5) is 26.8. The maximum Gasteiger partial charge on any atom is 0.227 e. The highest BCUT2D eigenvalue weighted by atomic mass is 35.5. The van der Waals surface area contributed by atoms with Gasteiger partial charge in [0.15, 0.2) is 11.5 Å². The third-order valence-electron chi connectivity index (χ3n) is 2.68. The lowest BCUT2D eigenvalue weighted by atomic mass is 10.4. The predicted octanol–water partition coefficient (Wildman–Crippen LogP) is 1.61. The summed E-state index contributed by atoms with van der Waals surface area (Å²) in [5, 5.41) is 14.8. The SMILES string of the molecule is Cc1nnc(NC(=O)CCNc2nc(Cl)nc3nc[nH]c23)s1. The number of rotatable bonds is 5. The second-order valence-electron chi connectivity index (χ2n) is 4.29. The van der Waals surface area contributed by atoms with Gasteiger partial charge in [-0.05, 0) is 18.5 Å². The Morgan fingerprint density at radius 1 is 1.41 bits per heavy atom. The fourth-order valence-corrected chi connectivity index (χ4v) is 2.53. The number of imidazole rings is 1. The van der Waals surface area contributed by atoms with Gasteiger partial charge in [0.2, 0.25) is 16.3 Å². The van der Waals surface area contributed by atoms with Gasteiger partial charge in [-0.2, -0.15) is 9.97 Å². The third-order valence-corrected chi connectivity index (χ3v) is 3.60. The average Bonchev–Trinajstić information content (AvgIpc) is 3.07. The summed E-state index contributed by atoms with van der Waals surface area (Å²) in [6, 6.07) is 0. The molecule has 11 heteroatoms. The molecule has 0 saturated heterocycles. The minimum absolute atomic E-state index is 0.0934. The molecule has 22 heavy (non-hydrogen) atoms. The van der Waals surface area contributed by atoms with Crippen LogP contribution in [0.1, 0.15) is 11.4 Å². The number of fused-ring (bicyclic) bond motifs is 1. The summed E-state index contributed by atoms with van der Waals surface area (Å²) in [6.07, 6.45) is 1.75. The number of carbonyl (C=O) groups is 1. The van der Waals surface area contributed by atoms with E-state index in [-0.39, 0.29) is 17.6 Å². The number of carbonyl (C=O) groups excluding carboxylic acids is 1. The van der Waals surface area contributed by atoms with Crippen LogP contribution in [0.15, 0.2) is 6.33 Å². The lowest BCUT2D eigenvalue weighted by Crippen LogP contribution is -2.16. The molecule has 3 N–H and O–H groups in total. The lowest BCUT2D eigenvalue weighted by molar-refractivity contribution is -0.115. The molecule has 0 unspecified atom stereocenters. The van der Waals surface area contributed by atoms with Crippen molar-refractivity contribution in [3.8, 4) is 0 Å². The van der Waals surface area contributed by atoms with Gasteiger partial charge in [-0.3, -0.25) is 4.79 Å². The molecule has 0 radical (unpaired) electrons. The van der Waals surface area contributed by atoms with Crippen LogP contribution in [0, 0.1) is 6.92 Å². The second-order valence-corrected chi connectivity index (χ2v) is 5.81. The van der Waals surface area contributed by atoms with Crippen molar-refractivity contribution in [3.63, 3.8) is 0 Å². The molecule has 0 aliphatic heterocycles. The molecule has 3 heterocycles. The quantitative estimate of drug-likeness (QED) is 0.604. The van der Waals surface area contributed by atoms with Gasteiger partial charge in [0.1, 0.15) is 10.5 Å². The molecule has 0 aliphatic rings. The molecule has 0 fully saturated rings. The van der Waals surface area contributed by atoms with E-state index in [4.69, 9.17) is 11.6 Å². The second kappa shape index (κ2) is 6.20. The van der Waals surface area contributed by atoms with Gasteiger partial charge in [0.25, 0.3) is 0 Å². The van der Waals surface area contributed by atoms with E-state index in [1.54, 1.807) is 0 Å². The first-order valence-electron chi connectivity index (χ1n) is 6.32. The van der Waals surface area contributed by atoms with Crippen LogP contribution in [0.4, 0.5) is 10.9 Å². The van der Waals surface area contributed by atoms with Crippen LogP contribution in [0.3, 0.4) is 0 Å². The zero-order valence-electron chi connectivity index (χ0n) is 11.4. The van der Waals surface area contributed by atoms with Gasteiger partial charge in [-0.15, -0.1) is 10.2 Å². The number of anilines is 2. The van der Waals surface area contributed by atoms with E-state index >= 15 is 0 Å². The molecule has 114 valence electrons. The van der Waals surface area contributed by atoms with Crippen molar-refractivity contribution in [3.05, 3.63) is 16.6 Å². The Hall–Kier alpha value is -2.33. The minimum atomic E-state index is -0.162. The molecule has 1 amide bonds. The largest absolute Gasteiger partial charge is 0.368 e. The number of aryl methyl sites for hydroxylation is 1. The lowest BCUT2D eigenvalue weighted by Gasteiger charge is -2.06. The molecule has 0 saturated carbocycles. The number of hydrogen-bond donors (Lipinski definition) is 3. The Morgan fingerprint density at radius 3 is 3.05 bits per heavy atom. The number of aromatic nitrogens is 6. The fourth-order valence-electron chi connectivity index (χ4n) is 1.76. The number of aromatic amines is 1. The predicted molar refractivity (Wildman–Crippen MR) is 83.1 cm³/mol. The number of hydrogen-bond acceptors (Lipinski definition) is 8. The summed E-state index contributed by atoms with van der Waals surface area (Å²) < 4.78 is 0. The van der Waals surface area contributed by atoms with Crippen LogP contribution in [-0.2, 0) is 4.79 Å². The van der Waals surface area contributed by atoms with Crippen molar-refractivity contribution in [2.75, 3.05) is 17.2 Å². The van der Waals surface area contributed by atoms with Crippen molar-refractivity contribution >= 4 is 51.0 Å². The highest BCUT2D eigenvalue weighted by Crippen LogP contribution is 2.18. The highest BCUT2D eigenvalue weighted by molar-refractivity contribution is 7.15. The van der Waals surface area contributed by atoms with Crippen LogP contribution >= 0.6 is 22.9 Å². The van der Waals surface area contributed by atoms with E-state index < -0.39 is 0 Å². The first-order valence-corrected chi connectivity index (χ1v) is 7.52. The summed E-state index contributed by atoms with van der Waals surface area (Å²) in [6.45, 7) is 2.20. The van der Waals surface area contributed by atoms with Gasteiger partial charge in [0, 0.05) is 13.0 Å².